The molecule has 0 radical (unpaired) electrons. The number of ether oxygens (including phenoxy) is 2. The summed E-state index contributed by atoms with van der Waals surface area (Å²) in [6, 6.07) is 7.93. The van der Waals surface area contributed by atoms with Crippen LogP contribution in [-0.2, 0) is 24.5 Å². The Kier molecular flexibility index (Phi) is 7.28. The van der Waals surface area contributed by atoms with E-state index in [0.717, 1.165) is 24.0 Å². The molecular weight excluding hydrogens is 328 g/mol. The molecule has 0 unspecified atom stereocenters. The Hall–Kier alpha value is -1.85. The van der Waals surface area contributed by atoms with Crippen LogP contribution < -0.4 is 10.3 Å². The van der Waals surface area contributed by atoms with Gasteiger partial charge in [0.2, 0.25) is 0 Å². The van der Waals surface area contributed by atoms with Crippen molar-refractivity contribution in [3.05, 3.63) is 57.0 Å². The molecule has 0 atom stereocenters. The maximum atomic E-state index is 12.1. The lowest BCUT2D eigenvalue weighted by atomic mass is 10.1. The van der Waals surface area contributed by atoms with E-state index >= 15 is 0 Å². The van der Waals surface area contributed by atoms with Gasteiger partial charge >= 0.3 is 0 Å². The fraction of sp³-hybridized carbons (Fsp3) is 0.444. The van der Waals surface area contributed by atoms with Gasteiger partial charge in [0.05, 0.1) is 12.8 Å². The fourth-order valence-corrected chi connectivity index (χ4v) is 2.33. The monoisotopic (exact) mass is 350 g/mol. The number of benzene rings is 1. The normalized spacial score (nSPS) is 10.8. The van der Waals surface area contributed by atoms with Gasteiger partial charge in [0.1, 0.15) is 6.61 Å². The summed E-state index contributed by atoms with van der Waals surface area (Å²) in [5, 5.41) is 4.19. The zero-order valence-electron chi connectivity index (χ0n) is 14.1. The van der Waals surface area contributed by atoms with Gasteiger partial charge in [-0.2, -0.15) is 5.10 Å². The minimum Gasteiger partial charge on any atom is -0.485 e. The average Bonchev–Trinajstić information content (AvgIpc) is 2.61. The van der Waals surface area contributed by atoms with Crippen LogP contribution >= 0.6 is 11.6 Å². The number of halogens is 1. The molecule has 2 rings (SSSR count). The number of rotatable bonds is 9. The largest absolute Gasteiger partial charge is 0.485 e. The molecule has 0 N–H and O–H groups in total. The van der Waals surface area contributed by atoms with Crippen LogP contribution in [0.3, 0.4) is 0 Å². The van der Waals surface area contributed by atoms with Crippen molar-refractivity contribution < 1.29 is 9.47 Å². The van der Waals surface area contributed by atoms with E-state index in [9.17, 15) is 4.79 Å². The Morgan fingerprint density at radius 2 is 1.79 bits per heavy atom. The maximum Gasteiger partial charge on any atom is 0.289 e. The molecule has 24 heavy (non-hydrogen) atoms. The van der Waals surface area contributed by atoms with Crippen LogP contribution in [0.15, 0.2) is 35.3 Å². The lowest BCUT2D eigenvalue weighted by Gasteiger charge is -2.10. The lowest BCUT2D eigenvalue weighted by molar-refractivity contribution is 0.134. The molecule has 130 valence electrons. The first-order chi connectivity index (χ1) is 11.7. The highest BCUT2D eigenvalue weighted by atomic mass is 35.5. The summed E-state index contributed by atoms with van der Waals surface area (Å²) in [7, 11) is 0. The van der Waals surface area contributed by atoms with Gasteiger partial charge < -0.3 is 9.47 Å². The molecule has 0 aliphatic rings. The first-order valence-corrected chi connectivity index (χ1v) is 8.57. The Morgan fingerprint density at radius 1 is 1.12 bits per heavy atom. The summed E-state index contributed by atoms with van der Waals surface area (Å²) in [6.45, 7) is 6.22. The number of nitrogens with zero attached hydrogens (tertiary/aromatic N) is 2. The molecule has 0 saturated carbocycles. The molecule has 0 saturated heterocycles. The maximum absolute atomic E-state index is 12.1. The molecule has 0 fully saturated rings. The number of aryl methyl sites for hydroxylation is 1. The van der Waals surface area contributed by atoms with Gasteiger partial charge in [-0.25, -0.2) is 4.68 Å². The lowest BCUT2D eigenvalue weighted by Crippen LogP contribution is -2.23. The predicted octanol–water partition coefficient (Wildman–Crippen LogP) is 3.81. The highest BCUT2D eigenvalue weighted by Crippen LogP contribution is 2.20. The zero-order chi connectivity index (χ0) is 17.4. The Balaban J connectivity index is 1.99. The summed E-state index contributed by atoms with van der Waals surface area (Å²) < 4.78 is 12.4. The second kappa shape index (κ2) is 9.45. The smallest absolute Gasteiger partial charge is 0.289 e. The highest BCUT2D eigenvalue weighted by Gasteiger charge is 2.10. The summed E-state index contributed by atoms with van der Waals surface area (Å²) in [6.07, 6.45) is 3.38. The molecule has 2 aromatic rings. The van der Waals surface area contributed by atoms with Crippen molar-refractivity contribution in [3.8, 4) is 5.75 Å². The van der Waals surface area contributed by atoms with Crippen molar-refractivity contribution in [2.24, 2.45) is 0 Å². The van der Waals surface area contributed by atoms with Gasteiger partial charge in [-0.05, 0) is 24.5 Å². The Labute approximate surface area is 147 Å². The molecule has 0 aliphatic carbocycles. The quantitative estimate of drug-likeness (QED) is 0.690. The third kappa shape index (κ3) is 5.08. The van der Waals surface area contributed by atoms with E-state index in [1.807, 2.05) is 31.2 Å². The van der Waals surface area contributed by atoms with E-state index in [1.165, 1.54) is 10.9 Å². The van der Waals surface area contributed by atoms with Crippen LogP contribution in [0.2, 0.25) is 5.02 Å². The third-order valence-electron chi connectivity index (χ3n) is 3.57. The van der Waals surface area contributed by atoms with Crippen LogP contribution in [-0.4, -0.2) is 16.4 Å². The van der Waals surface area contributed by atoms with E-state index in [2.05, 4.69) is 12.0 Å². The SMILES string of the molecule is CCCCn1ncc(OCc2ccc(COCC)cc2)c(Cl)c1=O. The van der Waals surface area contributed by atoms with E-state index in [4.69, 9.17) is 21.1 Å². The first-order valence-electron chi connectivity index (χ1n) is 8.19. The van der Waals surface area contributed by atoms with Crippen LogP contribution in [0, 0.1) is 0 Å². The van der Waals surface area contributed by atoms with Crippen molar-refractivity contribution in [2.75, 3.05) is 6.61 Å². The van der Waals surface area contributed by atoms with E-state index in [1.54, 1.807) is 0 Å². The molecule has 1 heterocycles. The summed E-state index contributed by atoms with van der Waals surface area (Å²) in [5.74, 6) is 0.313. The third-order valence-corrected chi connectivity index (χ3v) is 3.91. The molecule has 6 heteroatoms. The minimum atomic E-state index is -0.310. The van der Waals surface area contributed by atoms with Gasteiger partial charge in [0.15, 0.2) is 10.8 Å². The van der Waals surface area contributed by atoms with Crippen LogP contribution in [0.1, 0.15) is 37.8 Å². The summed E-state index contributed by atoms with van der Waals surface area (Å²) in [5.41, 5.74) is 1.79. The van der Waals surface area contributed by atoms with Crippen molar-refractivity contribution >= 4 is 11.6 Å². The molecule has 0 spiro atoms. The van der Waals surface area contributed by atoms with Gasteiger partial charge in [-0.15, -0.1) is 0 Å². The number of hydrogen-bond donors (Lipinski definition) is 0. The van der Waals surface area contributed by atoms with Crippen LogP contribution in [0.4, 0.5) is 0 Å². The van der Waals surface area contributed by atoms with Gasteiger partial charge in [0.25, 0.3) is 5.56 Å². The molecule has 1 aromatic carbocycles. The average molecular weight is 351 g/mol. The fourth-order valence-electron chi connectivity index (χ4n) is 2.13. The predicted molar refractivity (Wildman–Crippen MR) is 94.5 cm³/mol. The molecule has 1 aromatic heterocycles. The first kappa shape index (κ1) is 18.5. The van der Waals surface area contributed by atoms with E-state index in [-0.39, 0.29) is 10.6 Å². The number of unbranched alkanes of at least 4 members (excludes halogenated alkanes) is 1. The van der Waals surface area contributed by atoms with Crippen molar-refractivity contribution in [3.63, 3.8) is 0 Å². The number of aromatic nitrogens is 2. The van der Waals surface area contributed by atoms with Crippen molar-refractivity contribution in [1.29, 1.82) is 0 Å². The van der Waals surface area contributed by atoms with Crippen LogP contribution in [0.5, 0.6) is 5.75 Å². The second-order valence-electron chi connectivity index (χ2n) is 5.45. The van der Waals surface area contributed by atoms with Gasteiger partial charge in [-0.1, -0.05) is 49.2 Å². The Bertz CT molecular complexity index is 698. The minimum absolute atomic E-state index is 0.0778. The zero-order valence-corrected chi connectivity index (χ0v) is 14.9. The molecule has 5 nitrogen and oxygen atoms in total. The topological polar surface area (TPSA) is 53.4 Å². The van der Waals surface area contributed by atoms with E-state index < -0.39 is 0 Å². The van der Waals surface area contributed by atoms with Crippen molar-refractivity contribution in [1.82, 2.24) is 9.78 Å². The summed E-state index contributed by atoms with van der Waals surface area (Å²) >= 11 is 6.11. The standard InChI is InChI=1S/C18H23ClN2O3/c1-3-5-10-21-18(22)17(19)16(11-20-21)24-13-15-8-6-14(7-9-15)12-23-4-2/h6-9,11H,3-5,10,12-13H2,1-2H3. The number of hydrogen-bond acceptors (Lipinski definition) is 4. The van der Waals surface area contributed by atoms with Crippen molar-refractivity contribution in [2.45, 2.75) is 46.4 Å². The van der Waals surface area contributed by atoms with E-state index in [0.29, 0.717) is 32.1 Å². The second-order valence-corrected chi connectivity index (χ2v) is 5.82. The molecule has 0 aliphatic heterocycles. The molecular formula is C18H23ClN2O3. The van der Waals surface area contributed by atoms with Crippen LogP contribution in [0.25, 0.3) is 0 Å². The molecule has 0 amide bonds. The summed E-state index contributed by atoms with van der Waals surface area (Å²) in [4.78, 5) is 12.1. The highest BCUT2D eigenvalue weighted by molar-refractivity contribution is 6.31. The molecule has 0 bridgehead atoms. The van der Waals surface area contributed by atoms with Gasteiger partial charge in [-0.3, -0.25) is 4.79 Å². The Morgan fingerprint density at radius 3 is 2.42 bits per heavy atom. The van der Waals surface area contributed by atoms with Gasteiger partial charge in [0, 0.05) is 13.2 Å².